The molecule has 10 heteroatoms. The molecule has 2 aromatic carbocycles. The zero-order valence-electron chi connectivity index (χ0n) is 19.0. The topological polar surface area (TPSA) is 84.5 Å². The van der Waals surface area contributed by atoms with Crippen molar-refractivity contribution in [2.75, 3.05) is 13.2 Å². The van der Waals surface area contributed by atoms with Gasteiger partial charge in [0.2, 0.25) is 10.0 Å². The summed E-state index contributed by atoms with van der Waals surface area (Å²) in [5, 5.41) is 1.87. The van der Waals surface area contributed by atoms with E-state index in [0.717, 1.165) is 0 Å². The van der Waals surface area contributed by atoms with E-state index in [1.165, 1.54) is 6.07 Å². The summed E-state index contributed by atoms with van der Waals surface area (Å²) in [6.45, 7) is -0.609. The second-order valence-corrected chi connectivity index (χ2v) is 11.6. The van der Waals surface area contributed by atoms with Crippen molar-refractivity contribution in [2.45, 2.75) is 61.0 Å². The van der Waals surface area contributed by atoms with Crippen LogP contribution in [0.25, 0.3) is 11.1 Å². The number of carbonyl (C=O) groups is 1. The molecule has 0 radical (unpaired) electrons. The van der Waals surface area contributed by atoms with Crippen molar-refractivity contribution in [1.29, 1.82) is 0 Å². The number of hydrogen-bond donors (Lipinski definition) is 2. The van der Waals surface area contributed by atoms with E-state index in [1.54, 1.807) is 42.5 Å². The lowest BCUT2D eigenvalue weighted by atomic mass is 9.78. The fraction of sp³-hybridized carbons (Fsp3) is 0.480. The zero-order chi connectivity index (χ0) is 24.8. The highest BCUT2D eigenvalue weighted by molar-refractivity contribution is 7.90. The van der Waals surface area contributed by atoms with Gasteiger partial charge in [0.1, 0.15) is 23.5 Å². The maximum atomic E-state index is 15.7. The van der Waals surface area contributed by atoms with Crippen molar-refractivity contribution in [2.24, 2.45) is 0 Å². The Hall–Kier alpha value is -2.27. The molecule has 2 aromatic rings. The average Bonchev–Trinajstić information content (AvgIpc) is 3.51. The van der Waals surface area contributed by atoms with E-state index in [0.29, 0.717) is 37.9 Å². The van der Waals surface area contributed by atoms with Crippen LogP contribution >= 0.6 is 0 Å². The van der Waals surface area contributed by atoms with E-state index in [2.05, 4.69) is 10.0 Å². The van der Waals surface area contributed by atoms with Crippen molar-refractivity contribution >= 4 is 15.8 Å². The second-order valence-electron chi connectivity index (χ2n) is 9.57. The van der Waals surface area contributed by atoms with Crippen molar-refractivity contribution in [1.82, 2.24) is 10.0 Å². The summed E-state index contributed by atoms with van der Waals surface area (Å²) < 4.78 is 79.3. The van der Waals surface area contributed by atoms with Crippen molar-refractivity contribution < 1.29 is 31.1 Å². The number of rotatable bonds is 8. The maximum Gasteiger partial charge on any atom is 0.278 e. The Kier molecular flexibility index (Phi) is 6.27. The van der Waals surface area contributed by atoms with Crippen LogP contribution in [0.4, 0.5) is 13.2 Å². The molecule has 0 spiro atoms. The first-order valence-electron chi connectivity index (χ1n) is 11.8. The molecule has 0 bridgehead atoms. The van der Waals surface area contributed by atoms with E-state index in [-0.39, 0.29) is 11.1 Å². The molecule has 1 aliphatic carbocycles. The number of Topliss-reactive ketones (excluding diaryl/α,β-unsaturated/α-hetero) is 1. The Labute approximate surface area is 202 Å². The van der Waals surface area contributed by atoms with Gasteiger partial charge in [-0.2, -0.15) is 0 Å². The number of ketones is 1. The predicted octanol–water partition coefficient (Wildman–Crippen LogP) is 3.21. The third-order valence-corrected chi connectivity index (χ3v) is 9.01. The molecule has 6 nitrogen and oxygen atoms in total. The largest absolute Gasteiger partial charge is 0.370 e. The van der Waals surface area contributed by atoms with Crippen LogP contribution < -0.4 is 10.0 Å². The lowest BCUT2D eigenvalue weighted by Crippen LogP contribution is -2.66. The van der Waals surface area contributed by atoms with Crippen molar-refractivity contribution in [3.63, 3.8) is 0 Å². The average molecular weight is 509 g/mol. The minimum Gasteiger partial charge on any atom is -0.370 e. The van der Waals surface area contributed by atoms with Gasteiger partial charge in [-0.1, -0.05) is 48.5 Å². The molecule has 0 aromatic heterocycles. The highest BCUT2D eigenvalue weighted by Crippen LogP contribution is 2.41. The number of carbonyl (C=O) groups excluding carboxylic acids is 1. The lowest BCUT2D eigenvalue weighted by Gasteiger charge is -2.37. The Bertz CT molecular complexity index is 1210. The Morgan fingerprint density at radius 3 is 2.49 bits per heavy atom. The van der Waals surface area contributed by atoms with E-state index < -0.39 is 63.4 Å². The van der Waals surface area contributed by atoms with Gasteiger partial charge < -0.3 is 4.74 Å². The SMILES string of the molecule is O=C([C@H]1CCCO1)[C@@]1(Cc2cccc(-c3ccccc3)c2F)NCC(F)(F)[C@@H]1NS(=O)(=O)C1CC1. The van der Waals surface area contributed by atoms with E-state index >= 15 is 13.2 Å². The number of ether oxygens (including phenoxy) is 1. The summed E-state index contributed by atoms with van der Waals surface area (Å²) in [5.41, 5.74) is -1.17. The third kappa shape index (κ3) is 4.52. The lowest BCUT2D eigenvalue weighted by molar-refractivity contribution is -0.136. The van der Waals surface area contributed by atoms with Gasteiger partial charge in [0.25, 0.3) is 5.92 Å². The van der Waals surface area contributed by atoms with Gasteiger partial charge in [-0.05, 0) is 36.8 Å². The highest BCUT2D eigenvalue weighted by atomic mass is 32.2. The molecular weight excluding hydrogens is 481 g/mol. The molecule has 1 saturated carbocycles. The molecule has 0 amide bonds. The van der Waals surface area contributed by atoms with E-state index in [9.17, 15) is 13.2 Å². The van der Waals surface area contributed by atoms with Crippen molar-refractivity contribution in [3.05, 3.63) is 59.9 Å². The number of nitrogens with one attached hydrogen (secondary N) is 2. The summed E-state index contributed by atoms with van der Waals surface area (Å²) in [7, 11) is -4.08. The molecule has 2 heterocycles. The fourth-order valence-corrected chi connectivity index (χ4v) is 6.73. The Balaban J connectivity index is 1.58. The standard InChI is InChI=1S/C25H27F3N2O4S/c26-21-17(8-4-9-19(21)16-6-2-1-3-7-16)14-24(22(31)20-10-5-13-34-20)23(25(27,28)15-29-24)30-35(32,33)18-11-12-18/h1-4,6-9,18,20,23,29-30H,5,10-15H2/t20-,23-,24-/m1/s1. The number of halogens is 3. The molecule has 3 atom stereocenters. The maximum absolute atomic E-state index is 15.7. The normalized spacial score (nSPS) is 28.3. The van der Waals surface area contributed by atoms with Crippen LogP contribution in [0.2, 0.25) is 0 Å². The van der Waals surface area contributed by atoms with Crippen LogP contribution in [0, 0.1) is 5.82 Å². The third-order valence-electron chi connectivity index (χ3n) is 7.09. The first-order valence-corrected chi connectivity index (χ1v) is 13.3. The Morgan fingerprint density at radius 1 is 1.09 bits per heavy atom. The molecule has 2 aliphatic heterocycles. The molecule has 3 fully saturated rings. The van der Waals surface area contributed by atoms with Crippen LogP contribution in [0.5, 0.6) is 0 Å². The summed E-state index contributed by atoms with van der Waals surface area (Å²) in [5.74, 6) is -4.89. The van der Waals surface area contributed by atoms with E-state index in [4.69, 9.17) is 4.74 Å². The number of benzene rings is 2. The number of sulfonamides is 1. The molecule has 5 rings (SSSR count). The van der Waals surface area contributed by atoms with Gasteiger partial charge >= 0.3 is 0 Å². The number of alkyl halides is 2. The zero-order valence-corrected chi connectivity index (χ0v) is 19.8. The summed E-state index contributed by atoms with van der Waals surface area (Å²) >= 11 is 0. The monoisotopic (exact) mass is 508 g/mol. The predicted molar refractivity (Wildman–Crippen MR) is 124 cm³/mol. The minimum absolute atomic E-state index is 0.0403. The molecule has 0 unspecified atom stereocenters. The second kappa shape index (κ2) is 8.99. The fourth-order valence-electron chi connectivity index (χ4n) is 5.08. The van der Waals surface area contributed by atoms with Gasteiger partial charge in [0, 0.05) is 18.6 Å². The van der Waals surface area contributed by atoms with E-state index in [1.807, 2.05) is 0 Å². The van der Waals surface area contributed by atoms with Gasteiger partial charge in [0.05, 0.1) is 11.8 Å². The summed E-state index contributed by atoms with van der Waals surface area (Å²) in [4.78, 5) is 13.7. The summed E-state index contributed by atoms with van der Waals surface area (Å²) in [6.07, 6.45) is 0.251. The minimum atomic E-state index is -4.08. The molecule has 35 heavy (non-hydrogen) atoms. The van der Waals surface area contributed by atoms with Crippen LogP contribution in [-0.4, -0.2) is 56.2 Å². The quantitative estimate of drug-likeness (QED) is 0.572. The van der Waals surface area contributed by atoms with Gasteiger partial charge in [-0.15, -0.1) is 0 Å². The van der Waals surface area contributed by atoms with Gasteiger partial charge in [-0.25, -0.2) is 26.3 Å². The molecule has 3 aliphatic rings. The first-order chi connectivity index (χ1) is 16.6. The molecule has 188 valence electrons. The van der Waals surface area contributed by atoms with Crippen LogP contribution in [0.3, 0.4) is 0 Å². The highest BCUT2D eigenvalue weighted by Gasteiger charge is 2.65. The summed E-state index contributed by atoms with van der Waals surface area (Å²) in [6, 6.07) is 11.3. The number of hydrogen-bond acceptors (Lipinski definition) is 5. The molecule has 2 N–H and O–H groups in total. The Morgan fingerprint density at radius 2 is 1.83 bits per heavy atom. The van der Waals surface area contributed by atoms with Crippen molar-refractivity contribution in [3.8, 4) is 11.1 Å². The first kappa shape index (κ1) is 24.4. The van der Waals surface area contributed by atoms with Gasteiger partial charge in [0.15, 0.2) is 5.78 Å². The molecular formula is C25H27F3N2O4S. The smallest absolute Gasteiger partial charge is 0.278 e. The molecule has 2 saturated heterocycles. The van der Waals surface area contributed by atoms with Gasteiger partial charge in [-0.3, -0.25) is 10.1 Å². The van der Waals surface area contributed by atoms with Crippen LogP contribution in [0.15, 0.2) is 48.5 Å². The van der Waals surface area contributed by atoms with Crippen LogP contribution in [0.1, 0.15) is 31.2 Å². The van der Waals surface area contributed by atoms with Crippen LogP contribution in [-0.2, 0) is 26.0 Å².